The predicted octanol–water partition coefficient (Wildman–Crippen LogP) is 0.559. The fourth-order valence-electron chi connectivity index (χ4n) is 0.262. The minimum Gasteiger partial charge on any atom is -0.460 e. The number of carbonyl (C=O) groups excluding carboxylic acids is 2. The number of aliphatic hydroxyl groups excluding tert-OH is 1. The van der Waals surface area contributed by atoms with Crippen LogP contribution in [0.1, 0.15) is 13.8 Å². The molecule has 0 saturated carbocycles. The highest BCUT2D eigenvalue weighted by Gasteiger charge is 1.98. The lowest BCUT2D eigenvalue weighted by Crippen LogP contribution is -2.13. The number of esters is 1. The molecule has 0 heterocycles. The first kappa shape index (κ1) is 14.7. The van der Waals surface area contributed by atoms with Gasteiger partial charge in [-0.05, 0) is 6.92 Å². The maximum absolute atomic E-state index is 10.3. The second-order valence-electron chi connectivity index (χ2n) is 2.20. The third-order valence-electron chi connectivity index (χ3n) is 0.633. The molecule has 0 aromatic carbocycles. The van der Waals surface area contributed by atoms with Crippen LogP contribution in [0.2, 0.25) is 0 Å². The van der Waals surface area contributed by atoms with E-state index in [0.29, 0.717) is 0 Å². The van der Waals surface area contributed by atoms with Crippen molar-refractivity contribution in [1.82, 2.24) is 0 Å². The molecule has 1 unspecified atom stereocenters. The van der Waals surface area contributed by atoms with E-state index in [0.717, 1.165) is 6.08 Å². The summed E-state index contributed by atoms with van der Waals surface area (Å²) in [4.78, 5) is 19.6. The fourth-order valence-corrected chi connectivity index (χ4v) is 0.262. The Bertz CT molecular complexity index is 173. The molecule has 0 amide bonds. The monoisotopic (exact) mass is 206 g/mol. The fraction of sp³-hybridized carbons (Fsp3) is 0.500. The topological polar surface area (TPSA) is 63.6 Å². The summed E-state index contributed by atoms with van der Waals surface area (Å²) in [5, 5.41) is 8.45. The van der Waals surface area contributed by atoms with E-state index in [4.69, 9.17) is 5.11 Å². The summed E-state index contributed by atoms with van der Waals surface area (Å²) in [6.45, 7) is 6.15. The summed E-state index contributed by atoms with van der Waals surface area (Å²) >= 11 is 3.33. The average molecular weight is 206 g/mol. The van der Waals surface area contributed by atoms with Crippen LogP contribution in [0.4, 0.5) is 0 Å². The second-order valence-corrected chi connectivity index (χ2v) is 2.83. The van der Waals surface area contributed by atoms with Gasteiger partial charge in [0.05, 0.1) is 6.10 Å². The first-order chi connectivity index (χ1) is 5.90. The van der Waals surface area contributed by atoms with E-state index in [9.17, 15) is 9.59 Å². The summed E-state index contributed by atoms with van der Waals surface area (Å²) in [6, 6.07) is 0. The number of carbonyl (C=O) groups is 2. The summed E-state index contributed by atoms with van der Waals surface area (Å²) < 4.78 is 4.45. The molecule has 0 aromatic heterocycles. The summed E-state index contributed by atoms with van der Waals surface area (Å²) in [5.74, 6) is -0.504. The Labute approximate surface area is 83.0 Å². The zero-order valence-corrected chi connectivity index (χ0v) is 8.58. The lowest BCUT2D eigenvalue weighted by molar-refractivity contribution is -0.140. The smallest absolute Gasteiger partial charge is 0.330 e. The summed E-state index contributed by atoms with van der Waals surface area (Å²) in [7, 11) is 0. The Morgan fingerprint density at radius 1 is 1.69 bits per heavy atom. The normalized spacial score (nSPS) is 10.5. The largest absolute Gasteiger partial charge is 0.460 e. The lowest BCUT2D eigenvalue weighted by Gasteiger charge is -2.02. The quantitative estimate of drug-likeness (QED) is 0.402. The molecule has 4 nitrogen and oxygen atoms in total. The minimum absolute atomic E-state index is 0.0326. The van der Waals surface area contributed by atoms with Crippen LogP contribution in [0.15, 0.2) is 12.7 Å². The lowest BCUT2D eigenvalue weighted by atomic mass is 10.4. The van der Waals surface area contributed by atoms with Crippen molar-refractivity contribution in [3.8, 4) is 0 Å². The molecule has 1 N–H and O–H groups in total. The molecule has 76 valence electrons. The van der Waals surface area contributed by atoms with Crippen molar-refractivity contribution in [2.24, 2.45) is 0 Å². The Kier molecular flexibility index (Phi) is 10.5. The van der Waals surface area contributed by atoms with Crippen molar-refractivity contribution >= 4 is 23.7 Å². The molecule has 1 atom stereocenters. The molecule has 0 rings (SSSR count). The van der Waals surface area contributed by atoms with E-state index in [1.165, 1.54) is 13.8 Å². The summed E-state index contributed by atoms with van der Waals surface area (Å²) in [5.41, 5.74) is 0. The predicted molar refractivity (Wildman–Crippen MR) is 52.5 cm³/mol. The van der Waals surface area contributed by atoms with Gasteiger partial charge in [0.2, 0.25) is 0 Å². The van der Waals surface area contributed by atoms with Gasteiger partial charge in [-0.1, -0.05) is 6.58 Å². The van der Waals surface area contributed by atoms with Crippen LogP contribution in [-0.4, -0.2) is 28.9 Å². The van der Waals surface area contributed by atoms with Gasteiger partial charge in [0.1, 0.15) is 6.61 Å². The van der Waals surface area contributed by atoms with Crippen molar-refractivity contribution in [3.63, 3.8) is 0 Å². The number of aliphatic hydroxyl groups is 1. The van der Waals surface area contributed by atoms with Gasteiger partial charge in [-0.2, -0.15) is 0 Å². The third kappa shape index (κ3) is 24.7. The van der Waals surface area contributed by atoms with Crippen LogP contribution in [-0.2, 0) is 14.3 Å². The number of hydrogen-bond donors (Lipinski definition) is 2. The van der Waals surface area contributed by atoms with E-state index in [1.54, 1.807) is 0 Å². The zero-order valence-electron chi connectivity index (χ0n) is 7.69. The van der Waals surface area contributed by atoms with E-state index in [-0.39, 0.29) is 11.7 Å². The van der Waals surface area contributed by atoms with Crippen molar-refractivity contribution in [2.45, 2.75) is 20.0 Å². The Morgan fingerprint density at radius 3 is 2.31 bits per heavy atom. The molecule has 0 spiro atoms. The molecular formula is C8H14O4S. The molecule has 0 saturated heterocycles. The third-order valence-corrected chi connectivity index (χ3v) is 0.633. The van der Waals surface area contributed by atoms with E-state index >= 15 is 0 Å². The van der Waals surface area contributed by atoms with Crippen LogP contribution in [0.25, 0.3) is 0 Å². The molecule has 5 heteroatoms. The molecule has 0 aliphatic heterocycles. The highest BCUT2D eigenvalue weighted by Crippen LogP contribution is 1.83. The van der Waals surface area contributed by atoms with Gasteiger partial charge in [0.25, 0.3) is 0 Å². The van der Waals surface area contributed by atoms with Gasteiger partial charge < -0.3 is 9.84 Å². The van der Waals surface area contributed by atoms with Crippen LogP contribution >= 0.6 is 12.6 Å². The Hall–Kier alpha value is -0.810. The number of hydrogen-bond acceptors (Lipinski definition) is 4. The molecule has 0 aliphatic carbocycles. The molecule has 0 aliphatic rings. The average Bonchev–Trinajstić information content (AvgIpc) is 1.99. The van der Waals surface area contributed by atoms with Crippen molar-refractivity contribution in [2.75, 3.05) is 6.61 Å². The van der Waals surface area contributed by atoms with Crippen molar-refractivity contribution < 1.29 is 19.4 Å². The van der Waals surface area contributed by atoms with Crippen LogP contribution in [0.5, 0.6) is 0 Å². The first-order valence-electron chi connectivity index (χ1n) is 3.57. The van der Waals surface area contributed by atoms with Crippen molar-refractivity contribution in [1.29, 1.82) is 0 Å². The number of ether oxygens (including phenoxy) is 1. The number of rotatable bonds is 3. The van der Waals surface area contributed by atoms with Gasteiger partial charge >= 0.3 is 5.97 Å². The van der Waals surface area contributed by atoms with Crippen LogP contribution in [0.3, 0.4) is 0 Å². The molecular weight excluding hydrogens is 192 g/mol. The molecule has 0 bridgehead atoms. The molecule has 0 radical (unpaired) electrons. The maximum atomic E-state index is 10.3. The van der Waals surface area contributed by atoms with E-state index in [2.05, 4.69) is 23.9 Å². The highest BCUT2D eigenvalue weighted by atomic mass is 32.1. The Balaban J connectivity index is 0. The van der Waals surface area contributed by atoms with Gasteiger partial charge in [-0.15, -0.1) is 12.6 Å². The van der Waals surface area contributed by atoms with Gasteiger partial charge in [-0.3, -0.25) is 4.79 Å². The summed E-state index contributed by atoms with van der Waals surface area (Å²) in [6.07, 6.45) is 0.455. The molecule has 13 heavy (non-hydrogen) atoms. The molecule has 0 aromatic rings. The minimum atomic E-state index is -0.603. The first-order valence-corrected chi connectivity index (χ1v) is 4.01. The SMILES string of the molecule is C=CC(=O)OCC(C)O.CC(=O)S. The van der Waals surface area contributed by atoms with Gasteiger partial charge in [0, 0.05) is 13.0 Å². The van der Waals surface area contributed by atoms with Gasteiger partial charge in [0.15, 0.2) is 5.12 Å². The van der Waals surface area contributed by atoms with Crippen LogP contribution < -0.4 is 0 Å². The zero-order chi connectivity index (χ0) is 10.9. The maximum Gasteiger partial charge on any atom is 0.330 e. The van der Waals surface area contributed by atoms with Gasteiger partial charge in [-0.25, -0.2) is 4.79 Å². The number of thiol groups is 1. The van der Waals surface area contributed by atoms with Crippen LogP contribution in [0, 0.1) is 0 Å². The second kappa shape index (κ2) is 9.28. The molecule has 0 fully saturated rings. The highest BCUT2D eigenvalue weighted by molar-refractivity contribution is 7.96. The standard InChI is InChI=1S/C6H10O3.C2H4OS/c1-3-6(8)9-4-5(2)7;1-2(3)4/h3,5,7H,1,4H2,2H3;1H3,(H,3,4). The Morgan fingerprint density at radius 2 is 2.08 bits per heavy atom. The van der Waals surface area contributed by atoms with E-state index < -0.39 is 12.1 Å². The van der Waals surface area contributed by atoms with Crippen molar-refractivity contribution in [3.05, 3.63) is 12.7 Å². The van der Waals surface area contributed by atoms with E-state index in [1.807, 2.05) is 0 Å².